The summed E-state index contributed by atoms with van der Waals surface area (Å²) in [6, 6.07) is 12.9. The Balaban J connectivity index is 1.67. The molecule has 0 aliphatic heterocycles. The third kappa shape index (κ3) is 4.86. The molecule has 0 saturated carbocycles. The van der Waals surface area contributed by atoms with E-state index in [1.807, 2.05) is 49.2 Å². The molecule has 0 atom stereocenters. The second-order valence-electron chi connectivity index (χ2n) is 6.81. The number of hydrogen-bond donors (Lipinski definition) is 1. The number of nitrogens with one attached hydrogen (secondary N) is 1. The Labute approximate surface area is 166 Å². The average molecular weight is 397 g/mol. The number of likely N-dealkylation sites (N-methyl/N-ethyl adjacent to an activating group) is 1. The molecule has 3 rings (SSSR count). The van der Waals surface area contributed by atoms with Crippen LogP contribution in [0.1, 0.15) is 16.7 Å². The van der Waals surface area contributed by atoms with E-state index in [1.54, 1.807) is 37.6 Å². The topological polar surface area (TPSA) is 75.2 Å². The molecule has 0 radical (unpaired) electrons. The minimum absolute atomic E-state index is 0.283. The minimum Gasteiger partial charge on any atom is -0.359 e. The molecule has 0 bridgehead atoms. The maximum atomic E-state index is 12.7. The summed E-state index contributed by atoms with van der Waals surface area (Å²) < 4.78 is 28.0. The summed E-state index contributed by atoms with van der Waals surface area (Å²) >= 11 is 0. The zero-order valence-electron chi connectivity index (χ0n) is 16.3. The number of hydrogen-bond acceptors (Lipinski definition) is 5. The summed E-state index contributed by atoms with van der Waals surface area (Å²) in [6.45, 7) is 4.45. The fourth-order valence-corrected chi connectivity index (χ4v) is 4.21. The lowest BCUT2D eigenvalue weighted by Crippen LogP contribution is -2.21. The predicted octanol–water partition coefficient (Wildman–Crippen LogP) is 3.57. The summed E-state index contributed by atoms with van der Waals surface area (Å²) in [5.41, 5.74) is 3.25. The van der Waals surface area contributed by atoms with E-state index in [4.69, 9.17) is 0 Å². The van der Waals surface area contributed by atoms with Crippen molar-refractivity contribution in [3.63, 3.8) is 0 Å². The minimum atomic E-state index is -3.66. The van der Waals surface area contributed by atoms with E-state index in [9.17, 15) is 8.42 Å². The van der Waals surface area contributed by atoms with Gasteiger partial charge in [-0.1, -0.05) is 12.1 Å². The van der Waals surface area contributed by atoms with E-state index in [-0.39, 0.29) is 4.90 Å². The first-order chi connectivity index (χ1) is 13.3. The summed E-state index contributed by atoms with van der Waals surface area (Å²) in [5.74, 6) is 0.781. The molecule has 1 aromatic carbocycles. The Hall–Kier alpha value is -2.93. The van der Waals surface area contributed by atoms with E-state index in [0.717, 1.165) is 24.3 Å². The third-order valence-corrected chi connectivity index (χ3v) is 6.03. The van der Waals surface area contributed by atoms with E-state index >= 15 is 0 Å². The summed E-state index contributed by atoms with van der Waals surface area (Å²) in [6.07, 6.45) is 5.98. The predicted molar refractivity (Wildman–Crippen MR) is 112 cm³/mol. The largest absolute Gasteiger partial charge is 0.359 e. The number of aryl methyl sites for hydroxylation is 2. The van der Waals surface area contributed by atoms with Crippen LogP contribution >= 0.6 is 0 Å². The standard InChI is InChI=1S/C21H24N4O2S/c1-16-4-5-17(2)20(14-16)28(26,27)24-19-6-7-21(23-15-19)25(3)13-10-18-8-11-22-12-9-18/h4-9,11-12,14-15,24H,10,13H2,1-3H3. The molecule has 0 fully saturated rings. The molecule has 2 aromatic heterocycles. The maximum absolute atomic E-state index is 12.7. The third-order valence-electron chi connectivity index (χ3n) is 4.51. The van der Waals surface area contributed by atoms with Gasteiger partial charge in [0.1, 0.15) is 5.82 Å². The Morgan fingerprint density at radius 1 is 1.04 bits per heavy atom. The number of rotatable bonds is 7. The van der Waals surface area contributed by atoms with Crippen LogP contribution in [0.5, 0.6) is 0 Å². The van der Waals surface area contributed by atoms with Crippen molar-refractivity contribution in [1.29, 1.82) is 0 Å². The number of anilines is 2. The lowest BCUT2D eigenvalue weighted by molar-refractivity contribution is 0.600. The summed E-state index contributed by atoms with van der Waals surface area (Å²) in [7, 11) is -1.69. The van der Waals surface area contributed by atoms with Gasteiger partial charge in [-0.15, -0.1) is 0 Å². The van der Waals surface area contributed by atoms with Crippen molar-refractivity contribution < 1.29 is 8.42 Å². The van der Waals surface area contributed by atoms with Gasteiger partial charge in [-0.25, -0.2) is 13.4 Å². The normalized spacial score (nSPS) is 11.2. The molecule has 1 N–H and O–H groups in total. The first-order valence-electron chi connectivity index (χ1n) is 9.01. The molecule has 0 amide bonds. The molecule has 28 heavy (non-hydrogen) atoms. The SMILES string of the molecule is Cc1ccc(C)c(S(=O)(=O)Nc2ccc(N(C)CCc3ccncc3)nc2)c1. The molecule has 0 aliphatic rings. The van der Waals surface area contributed by atoms with Gasteiger partial charge < -0.3 is 4.90 Å². The summed E-state index contributed by atoms with van der Waals surface area (Å²) in [5, 5.41) is 0. The van der Waals surface area contributed by atoms with Crippen LogP contribution in [0.3, 0.4) is 0 Å². The molecule has 146 valence electrons. The first kappa shape index (κ1) is 19.8. The average Bonchev–Trinajstić information content (AvgIpc) is 2.69. The van der Waals surface area contributed by atoms with Crippen molar-refractivity contribution in [2.24, 2.45) is 0 Å². The molecule has 0 unspecified atom stereocenters. The van der Waals surface area contributed by atoms with Crippen molar-refractivity contribution in [2.45, 2.75) is 25.2 Å². The second kappa shape index (κ2) is 8.39. The molecule has 3 aromatic rings. The van der Waals surface area contributed by atoms with Crippen molar-refractivity contribution in [3.05, 3.63) is 77.7 Å². The van der Waals surface area contributed by atoms with E-state index in [1.165, 1.54) is 5.56 Å². The molecule has 0 aliphatic carbocycles. The summed E-state index contributed by atoms with van der Waals surface area (Å²) in [4.78, 5) is 10.7. The number of sulfonamides is 1. The fraction of sp³-hybridized carbons (Fsp3) is 0.238. The highest BCUT2D eigenvalue weighted by Gasteiger charge is 2.17. The molecule has 0 saturated heterocycles. The van der Waals surface area contributed by atoms with Gasteiger partial charge in [-0.2, -0.15) is 0 Å². The number of benzene rings is 1. The number of aromatic nitrogens is 2. The second-order valence-corrected chi connectivity index (χ2v) is 8.46. The van der Waals surface area contributed by atoms with Crippen LogP contribution < -0.4 is 9.62 Å². The van der Waals surface area contributed by atoms with Gasteiger partial charge in [0.25, 0.3) is 10.0 Å². The highest BCUT2D eigenvalue weighted by Crippen LogP contribution is 2.21. The van der Waals surface area contributed by atoms with Crippen molar-refractivity contribution in [3.8, 4) is 0 Å². The molecule has 7 heteroatoms. The lowest BCUT2D eigenvalue weighted by atomic mass is 10.2. The van der Waals surface area contributed by atoms with Crippen molar-refractivity contribution in [1.82, 2.24) is 9.97 Å². The fourth-order valence-electron chi connectivity index (χ4n) is 2.84. The van der Waals surface area contributed by atoms with Crippen molar-refractivity contribution in [2.75, 3.05) is 23.2 Å². The van der Waals surface area contributed by atoms with Crippen LogP contribution in [0.25, 0.3) is 0 Å². The van der Waals surface area contributed by atoms with Gasteiger partial charge in [0, 0.05) is 26.0 Å². The molecule has 0 spiro atoms. The smallest absolute Gasteiger partial charge is 0.262 e. The van der Waals surface area contributed by atoms with E-state index in [2.05, 4.69) is 14.7 Å². The van der Waals surface area contributed by atoms with E-state index in [0.29, 0.717) is 11.3 Å². The molecular formula is C21H24N4O2S. The Morgan fingerprint density at radius 2 is 1.79 bits per heavy atom. The van der Waals surface area contributed by atoms with Crippen LogP contribution in [-0.2, 0) is 16.4 Å². The van der Waals surface area contributed by atoms with Crippen LogP contribution in [0.15, 0.2) is 66.0 Å². The van der Waals surface area contributed by atoms with Gasteiger partial charge >= 0.3 is 0 Å². The number of nitrogens with zero attached hydrogens (tertiary/aromatic N) is 3. The van der Waals surface area contributed by atoms with Crippen LogP contribution in [0, 0.1) is 13.8 Å². The van der Waals surface area contributed by atoms with Gasteiger partial charge in [0.15, 0.2) is 0 Å². The van der Waals surface area contributed by atoms with Crippen LogP contribution in [0.2, 0.25) is 0 Å². The molecule has 6 nitrogen and oxygen atoms in total. The van der Waals surface area contributed by atoms with Crippen molar-refractivity contribution >= 4 is 21.5 Å². The van der Waals surface area contributed by atoms with Gasteiger partial charge in [-0.3, -0.25) is 9.71 Å². The Bertz CT molecular complexity index is 1040. The maximum Gasteiger partial charge on any atom is 0.262 e. The quantitative estimate of drug-likeness (QED) is 0.661. The highest BCUT2D eigenvalue weighted by molar-refractivity contribution is 7.92. The Kier molecular flexibility index (Phi) is 5.94. The van der Waals surface area contributed by atoms with Crippen LogP contribution in [-0.4, -0.2) is 32.0 Å². The first-order valence-corrected chi connectivity index (χ1v) is 10.5. The van der Waals surface area contributed by atoms with Crippen LogP contribution in [0.4, 0.5) is 11.5 Å². The molecule has 2 heterocycles. The lowest BCUT2D eigenvalue weighted by Gasteiger charge is -2.18. The van der Waals surface area contributed by atoms with Gasteiger partial charge in [-0.05, 0) is 67.3 Å². The monoisotopic (exact) mass is 396 g/mol. The van der Waals surface area contributed by atoms with Gasteiger partial charge in [0.2, 0.25) is 0 Å². The zero-order chi connectivity index (χ0) is 20.1. The zero-order valence-corrected chi connectivity index (χ0v) is 17.1. The highest BCUT2D eigenvalue weighted by atomic mass is 32.2. The van der Waals surface area contributed by atoms with Gasteiger partial charge in [0.05, 0.1) is 16.8 Å². The molecular weight excluding hydrogens is 372 g/mol. The Morgan fingerprint density at radius 3 is 2.46 bits per heavy atom. The number of pyridine rings is 2. The van der Waals surface area contributed by atoms with E-state index < -0.39 is 10.0 Å².